The Morgan fingerprint density at radius 2 is 2.14 bits per heavy atom. The van der Waals surface area contributed by atoms with Gasteiger partial charge in [-0.25, -0.2) is 4.98 Å². The minimum absolute atomic E-state index is 0.0789. The third-order valence-electron chi connectivity index (χ3n) is 4.50. The second-order valence-electron chi connectivity index (χ2n) is 6.74. The van der Waals surface area contributed by atoms with Crippen LogP contribution in [-0.2, 0) is 11.3 Å². The van der Waals surface area contributed by atoms with Crippen molar-refractivity contribution in [3.05, 3.63) is 51.6 Å². The first kappa shape index (κ1) is 19.7. The summed E-state index contributed by atoms with van der Waals surface area (Å²) in [5.41, 5.74) is 1.66. The summed E-state index contributed by atoms with van der Waals surface area (Å²) >= 11 is 2.60. The van der Waals surface area contributed by atoms with E-state index in [0.29, 0.717) is 33.2 Å². The molecule has 3 aromatic rings. The number of rotatable bonds is 7. The highest BCUT2D eigenvalue weighted by Gasteiger charge is 2.23. The molecule has 2 aromatic heterocycles. The molecule has 9 heteroatoms. The maximum atomic E-state index is 12.5. The van der Waals surface area contributed by atoms with E-state index in [4.69, 9.17) is 0 Å². The Labute approximate surface area is 175 Å². The molecule has 7 nitrogen and oxygen atoms in total. The molecule has 0 aliphatic heterocycles. The Balaban J connectivity index is 1.42. The first-order valence-corrected chi connectivity index (χ1v) is 11.2. The van der Waals surface area contributed by atoms with Crippen LogP contribution < -0.4 is 16.2 Å². The molecule has 1 aliphatic rings. The van der Waals surface area contributed by atoms with Crippen LogP contribution >= 0.6 is 23.1 Å². The minimum atomic E-state index is -0.225. The number of carbonyl (C=O) groups is 2. The maximum Gasteiger partial charge on any atom is 0.272 e. The van der Waals surface area contributed by atoms with Gasteiger partial charge in [0, 0.05) is 23.8 Å². The highest BCUT2D eigenvalue weighted by atomic mass is 32.2. The van der Waals surface area contributed by atoms with Crippen LogP contribution in [0.2, 0.25) is 0 Å². The molecule has 1 fully saturated rings. The van der Waals surface area contributed by atoms with Crippen molar-refractivity contribution in [2.45, 2.75) is 37.5 Å². The number of anilines is 1. The normalized spacial score (nSPS) is 13.4. The number of nitrogens with one attached hydrogen (secondary N) is 2. The SMILES string of the molecule is CCn1c(SCC(=O)Nc2cccc(C(=O)NC3CC3)c2)nc2ccsc2c1=O. The number of carbonyl (C=O) groups excluding carboxylic acids is 2. The molecule has 0 saturated heterocycles. The first-order chi connectivity index (χ1) is 14.0. The molecule has 150 valence electrons. The molecule has 0 radical (unpaired) electrons. The van der Waals surface area contributed by atoms with Gasteiger partial charge >= 0.3 is 0 Å². The van der Waals surface area contributed by atoms with E-state index in [-0.39, 0.29) is 29.2 Å². The van der Waals surface area contributed by atoms with Gasteiger partial charge in [-0.05, 0) is 49.4 Å². The van der Waals surface area contributed by atoms with E-state index in [1.807, 2.05) is 18.4 Å². The lowest BCUT2D eigenvalue weighted by Crippen LogP contribution is -2.25. The third kappa shape index (κ3) is 4.51. The van der Waals surface area contributed by atoms with E-state index >= 15 is 0 Å². The Hall–Kier alpha value is -2.65. The van der Waals surface area contributed by atoms with Crippen LogP contribution in [0.4, 0.5) is 5.69 Å². The predicted octanol–water partition coefficient (Wildman–Crippen LogP) is 3.10. The number of aromatic nitrogens is 2. The van der Waals surface area contributed by atoms with Crippen LogP contribution in [0.3, 0.4) is 0 Å². The van der Waals surface area contributed by atoms with Crippen molar-refractivity contribution in [3.8, 4) is 0 Å². The van der Waals surface area contributed by atoms with E-state index in [1.54, 1.807) is 28.8 Å². The average Bonchev–Trinajstić information content (AvgIpc) is 3.39. The summed E-state index contributed by atoms with van der Waals surface area (Å²) in [6.45, 7) is 2.37. The van der Waals surface area contributed by atoms with Crippen LogP contribution in [0.25, 0.3) is 10.2 Å². The minimum Gasteiger partial charge on any atom is -0.349 e. The van der Waals surface area contributed by atoms with Gasteiger partial charge in [0.15, 0.2) is 5.16 Å². The molecule has 0 atom stereocenters. The fourth-order valence-corrected chi connectivity index (χ4v) is 4.52. The number of hydrogen-bond donors (Lipinski definition) is 2. The largest absolute Gasteiger partial charge is 0.349 e. The van der Waals surface area contributed by atoms with Gasteiger partial charge in [-0.1, -0.05) is 17.8 Å². The Morgan fingerprint density at radius 1 is 1.31 bits per heavy atom. The summed E-state index contributed by atoms with van der Waals surface area (Å²) in [6.07, 6.45) is 2.04. The van der Waals surface area contributed by atoms with Gasteiger partial charge in [0.25, 0.3) is 11.5 Å². The summed E-state index contributed by atoms with van der Waals surface area (Å²) in [4.78, 5) is 41.6. The average molecular weight is 429 g/mol. The van der Waals surface area contributed by atoms with E-state index in [9.17, 15) is 14.4 Å². The van der Waals surface area contributed by atoms with Crippen LogP contribution in [0, 0.1) is 0 Å². The van der Waals surface area contributed by atoms with Crippen molar-refractivity contribution in [3.63, 3.8) is 0 Å². The van der Waals surface area contributed by atoms with Gasteiger partial charge in [0.1, 0.15) is 4.70 Å². The van der Waals surface area contributed by atoms with Gasteiger partial charge in [-0.2, -0.15) is 0 Å². The summed E-state index contributed by atoms with van der Waals surface area (Å²) in [5.74, 6) is -0.240. The third-order valence-corrected chi connectivity index (χ3v) is 6.37. The van der Waals surface area contributed by atoms with E-state index in [2.05, 4.69) is 15.6 Å². The molecular formula is C20H20N4O3S2. The molecule has 2 heterocycles. The molecule has 4 rings (SSSR count). The Morgan fingerprint density at radius 3 is 2.90 bits per heavy atom. The topological polar surface area (TPSA) is 93.1 Å². The summed E-state index contributed by atoms with van der Waals surface area (Å²) in [6, 6.07) is 8.96. The Kier molecular flexibility index (Phi) is 5.68. The van der Waals surface area contributed by atoms with Crippen LogP contribution in [-0.4, -0.2) is 33.2 Å². The second kappa shape index (κ2) is 8.38. The fraction of sp³-hybridized carbons (Fsp3) is 0.300. The number of benzene rings is 1. The van der Waals surface area contributed by atoms with Crippen molar-refractivity contribution >= 4 is 50.8 Å². The van der Waals surface area contributed by atoms with Gasteiger partial charge in [-0.3, -0.25) is 19.0 Å². The molecule has 1 aromatic carbocycles. The second-order valence-corrected chi connectivity index (χ2v) is 8.60. The van der Waals surface area contributed by atoms with E-state index in [0.717, 1.165) is 12.8 Å². The zero-order valence-corrected chi connectivity index (χ0v) is 17.4. The zero-order valence-electron chi connectivity index (χ0n) is 15.8. The molecule has 1 aliphatic carbocycles. The van der Waals surface area contributed by atoms with Crippen LogP contribution in [0.15, 0.2) is 45.7 Å². The number of amides is 2. The Bertz CT molecular complexity index is 1130. The van der Waals surface area contributed by atoms with Crippen molar-refractivity contribution in [1.82, 2.24) is 14.9 Å². The lowest BCUT2D eigenvalue weighted by atomic mass is 10.2. The first-order valence-electron chi connectivity index (χ1n) is 9.36. The molecule has 0 bridgehead atoms. The summed E-state index contributed by atoms with van der Waals surface area (Å²) in [5, 5.41) is 8.10. The molecule has 2 N–H and O–H groups in total. The monoisotopic (exact) mass is 428 g/mol. The highest BCUT2D eigenvalue weighted by molar-refractivity contribution is 7.99. The van der Waals surface area contributed by atoms with Crippen LogP contribution in [0.1, 0.15) is 30.1 Å². The van der Waals surface area contributed by atoms with Gasteiger partial charge in [0.05, 0.1) is 11.3 Å². The van der Waals surface area contributed by atoms with Gasteiger partial charge in [-0.15, -0.1) is 11.3 Å². The predicted molar refractivity (Wildman–Crippen MR) is 116 cm³/mol. The standard InChI is InChI=1S/C20H20N4O3S2/c1-2-24-19(27)17-15(8-9-28-17)23-20(24)29-11-16(25)21-14-5-3-4-12(10-14)18(26)22-13-6-7-13/h3-5,8-10,13H,2,6-7,11H2,1H3,(H,21,25)(H,22,26). The van der Waals surface area contributed by atoms with Gasteiger partial charge < -0.3 is 10.6 Å². The molecule has 0 unspecified atom stereocenters. The molecular weight excluding hydrogens is 408 g/mol. The number of nitrogens with zero attached hydrogens (tertiary/aromatic N) is 2. The van der Waals surface area contributed by atoms with Crippen molar-refractivity contribution in [2.75, 3.05) is 11.1 Å². The van der Waals surface area contributed by atoms with Gasteiger partial charge in [0.2, 0.25) is 5.91 Å². The molecule has 2 amide bonds. The van der Waals surface area contributed by atoms with E-state index < -0.39 is 0 Å². The van der Waals surface area contributed by atoms with Crippen molar-refractivity contribution in [2.24, 2.45) is 0 Å². The van der Waals surface area contributed by atoms with Crippen LogP contribution in [0.5, 0.6) is 0 Å². The lowest BCUT2D eigenvalue weighted by Gasteiger charge is -2.10. The summed E-state index contributed by atoms with van der Waals surface area (Å²) < 4.78 is 2.21. The zero-order chi connectivity index (χ0) is 20.4. The number of hydrogen-bond acceptors (Lipinski definition) is 6. The smallest absolute Gasteiger partial charge is 0.272 e. The van der Waals surface area contributed by atoms with Crippen molar-refractivity contribution in [1.29, 1.82) is 0 Å². The number of thioether (sulfide) groups is 1. The summed E-state index contributed by atoms with van der Waals surface area (Å²) in [7, 11) is 0. The maximum absolute atomic E-state index is 12.5. The molecule has 0 spiro atoms. The highest BCUT2D eigenvalue weighted by Crippen LogP contribution is 2.22. The van der Waals surface area contributed by atoms with E-state index in [1.165, 1.54) is 23.1 Å². The number of fused-ring (bicyclic) bond motifs is 1. The molecule has 29 heavy (non-hydrogen) atoms. The molecule has 1 saturated carbocycles. The lowest BCUT2D eigenvalue weighted by molar-refractivity contribution is -0.113. The quantitative estimate of drug-likeness (QED) is 0.446. The number of thiophene rings is 1. The van der Waals surface area contributed by atoms with Crippen molar-refractivity contribution < 1.29 is 9.59 Å². The fourth-order valence-electron chi connectivity index (χ4n) is 2.87.